The van der Waals surface area contributed by atoms with Crippen LogP contribution in [-0.2, 0) is 16.0 Å². The molecule has 2 aliphatic heterocycles. The number of rotatable bonds is 2. The van der Waals surface area contributed by atoms with Gasteiger partial charge in [0.05, 0.1) is 6.42 Å². The number of piperidine rings is 1. The second kappa shape index (κ2) is 5.01. The van der Waals surface area contributed by atoms with Gasteiger partial charge in [0.25, 0.3) is 0 Å². The highest BCUT2D eigenvalue weighted by Gasteiger charge is 2.22. The summed E-state index contributed by atoms with van der Waals surface area (Å²) in [5.74, 6) is 0.185. The first kappa shape index (κ1) is 12.2. The van der Waals surface area contributed by atoms with Crippen molar-refractivity contribution in [2.75, 3.05) is 23.7 Å². The van der Waals surface area contributed by atoms with Crippen LogP contribution in [0.1, 0.15) is 18.4 Å². The van der Waals surface area contributed by atoms with Gasteiger partial charge in [-0.2, -0.15) is 0 Å². The molecule has 3 rings (SSSR count). The van der Waals surface area contributed by atoms with Crippen LogP contribution < -0.4 is 16.0 Å². The number of hydrogen-bond acceptors (Lipinski definition) is 3. The van der Waals surface area contributed by atoms with Crippen molar-refractivity contribution in [2.45, 2.75) is 19.3 Å². The highest BCUT2D eigenvalue weighted by atomic mass is 16.2. The Hall–Kier alpha value is -1.88. The summed E-state index contributed by atoms with van der Waals surface area (Å²) in [6.45, 7) is 1.81. The first-order valence-corrected chi connectivity index (χ1v) is 6.67. The van der Waals surface area contributed by atoms with Crippen LogP contribution >= 0.6 is 0 Å². The number of fused-ring (bicyclic) bond motifs is 1. The van der Waals surface area contributed by atoms with E-state index in [2.05, 4.69) is 16.0 Å². The number of carbonyl (C=O) groups is 2. The van der Waals surface area contributed by atoms with Gasteiger partial charge in [-0.15, -0.1) is 0 Å². The molecule has 19 heavy (non-hydrogen) atoms. The molecular weight excluding hydrogens is 242 g/mol. The van der Waals surface area contributed by atoms with Crippen molar-refractivity contribution in [3.05, 3.63) is 23.8 Å². The second-order valence-corrected chi connectivity index (χ2v) is 5.11. The minimum atomic E-state index is 0.0110. The first-order valence-electron chi connectivity index (χ1n) is 6.67. The molecule has 0 aliphatic carbocycles. The monoisotopic (exact) mass is 259 g/mol. The van der Waals surface area contributed by atoms with Crippen LogP contribution in [0.15, 0.2) is 18.2 Å². The third-order valence-corrected chi connectivity index (χ3v) is 3.71. The molecule has 5 heteroatoms. The van der Waals surface area contributed by atoms with Gasteiger partial charge >= 0.3 is 0 Å². The van der Waals surface area contributed by atoms with E-state index in [0.717, 1.165) is 42.9 Å². The predicted molar refractivity (Wildman–Crippen MR) is 73.0 cm³/mol. The van der Waals surface area contributed by atoms with Gasteiger partial charge in [-0.3, -0.25) is 9.59 Å². The number of nitrogens with one attached hydrogen (secondary N) is 3. The Balaban J connectivity index is 1.68. The zero-order valence-corrected chi connectivity index (χ0v) is 10.7. The van der Waals surface area contributed by atoms with Crippen LogP contribution in [0.3, 0.4) is 0 Å². The van der Waals surface area contributed by atoms with Gasteiger partial charge in [0.15, 0.2) is 0 Å². The van der Waals surface area contributed by atoms with Crippen LogP contribution in [0.5, 0.6) is 0 Å². The van der Waals surface area contributed by atoms with Gasteiger partial charge < -0.3 is 16.0 Å². The van der Waals surface area contributed by atoms with Gasteiger partial charge in [0.1, 0.15) is 0 Å². The maximum Gasteiger partial charge on any atom is 0.228 e. The summed E-state index contributed by atoms with van der Waals surface area (Å²) in [4.78, 5) is 23.4. The Morgan fingerprint density at radius 2 is 2.05 bits per heavy atom. The van der Waals surface area contributed by atoms with Crippen molar-refractivity contribution < 1.29 is 9.59 Å². The number of amides is 2. The SMILES string of the molecule is O=C1Cc2cc(NC(=O)C3CCNCC3)ccc2N1. The molecule has 1 fully saturated rings. The Morgan fingerprint density at radius 3 is 2.84 bits per heavy atom. The van der Waals surface area contributed by atoms with E-state index in [4.69, 9.17) is 0 Å². The molecule has 0 atom stereocenters. The van der Waals surface area contributed by atoms with E-state index in [1.165, 1.54) is 0 Å². The summed E-state index contributed by atoms with van der Waals surface area (Å²) in [6, 6.07) is 5.56. The largest absolute Gasteiger partial charge is 0.326 e. The minimum Gasteiger partial charge on any atom is -0.326 e. The standard InChI is InChI=1S/C14H17N3O2/c18-13-8-10-7-11(1-2-12(10)17-13)16-14(19)9-3-5-15-6-4-9/h1-2,7,9,15H,3-6,8H2,(H,16,19)(H,17,18). The van der Waals surface area contributed by atoms with Crippen LogP contribution in [-0.4, -0.2) is 24.9 Å². The zero-order valence-electron chi connectivity index (χ0n) is 10.7. The van der Waals surface area contributed by atoms with Crippen molar-refractivity contribution >= 4 is 23.2 Å². The topological polar surface area (TPSA) is 70.2 Å². The normalized spacial score (nSPS) is 18.8. The third kappa shape index (κ3) is 2.61. The number of anilines is 2. The van der Waals surface area contributed by atoms with Gasteiger partial charge in [-0.25, -0.2) is 0 Å². The summed E-state index contributed by atoms with van der Waals surface area (Å²) >= 11 is 0. The minimum absolute atomic E-state index is 0.0110. The van der Waals surface area contributed by atoms with Crippen LogP contribution in [0.25, 0.3) is 0 Å². The van der Waals surface area contributed by atoms with Gasteiger partial charge in [-0.05, 0) is 49.7 Å². The molecule has 0 saturated carbocycles. The molecule has 0 aromatic heterocycles. The lowest BCUT2D eigenvalue weighted by Gasteiger charge is -2.21. The van der Waals surface area contributed by atoms with Crippen molar-refractivity contribution in [1.29, 1.82) is 0 Å². The molecule has 2 amide bonds. The summed E-state index contributed by atoms with van der Waals surface area (Å²) in [5, 5.41) is 8.98. The highest BCUT2D eigenvalue weighted by molar-refractivity contribution is 6.00. The predicted octanol–water partition coefficient (Wildman–Crippen LogP) is 1.12. The lowest BCUT2D eigenvalue weighted by molar-refractivity contribution is -0.120. The van der Waals surface area contributed by atoms with Crippen molar-refractivity contribution in [2.24, 2.45) is 5.92 Å². The molecule has 3 N–H and O–H groups in total. The molecule has 1 aromatic carbocycles. The lowest BCUT2D eigenvalue weighted by atomic mass is 9.97. The molecule has 0 radical (unpaired) electrons. The Kier molecular flexibility index (Phi) is 3.21. The molecule has 1 aromatic rings. The summed E-state index contributed by atoms with van der Waals surface area (Å²) in [6.07, 6.45) is 2.17. The Labute approximate surface area is 111 Å². The second-order valence-electron chi connectivity index (χ2n) is 5.11. The fourth-order valence-electron chi connectivity index (χ4n) is 2.64. The smallest absolute Gasteiger partial charge is 0.228 e. The fraction of sp³-hybridized carbons (Fsp3) is 0.429. The number of hydrogen-bond donors (Lipinski definition) is 3. The van der Waals surface area contributed by atoms with Crippen molar-refractivity contribution in [3.63, 3.8) is 0 Å². The quantitative estimate of drug-likeness (QED) is 0.745. The van der Waals surface area contributed by atoms with E-state index < -0.39 is 0 Å². The molecule has 1 saturated heterocycles. The molecule has 5 nitrogen and oxygen atoms in total. The maximum absolute atomic E-state index is 12.1. The van der Waals surface area contributed by atoms with Gasteiger partial charge in [-0.1, -0.05) is 0 Å². The summed E-state index contributed by atoms with van der Waals surface area (Å²) in [5.41, 5.74) is 2.58. The molecule has 2 aliphatic rings. The average Bonchev–Trinajstić information content (AvgIpc) is 2.79. The number of carbonyl (C=O) groups excluding carboxylic acids is 2. The van der Waals surface area contributed by atoms with E-state index in [0.29, 0.717) is 6.42 Å². The Bertz CT molecular complexity index is 521. The maximum atomic E-state index is 12.1. The third-order valence-electron chi connectivity index (χ3n) is 3.71. The summed E-state index contributed by atoms with van der Waals surface area (Å²) in [7, 11) is 0. The number of benzene rings is 1. The molecular formula is C14H17N3O2. The molecule has 0 unspecified atom stereocenters. The van der Waals surface area contributed by atoms with E-state index in [-0.39, 0.29) is 17.7 Å². The lowest BCUT2D eigenvalue weighted by Crippen LogP contribution is -2.34. The van der Waals surface area contributed by atoms with Crippen molar-refractivity contribution in [1.82, 2.24) is 5.32 Å². The van der Waals surface area contributed by atoms with Gasteiger partial charge in [0, 0.05) is 17.3 Å². The van der Waals surface area contributed by atoms with E-state index in [1.54, 1.807) is 0 Å². The Morgan fingerprint density at radius 1 is 1.26 bits per heavy atom. The zero-order chi connectivity index (χ0) is 13.2. The first-order chi connectivity index (χ1) is 9.22. The average molecular weight is 259 g/mol. The van der Waals surface area contributed by atoms with Crippen LogP contribution in [0.2, 0.25) is 0 Å². The fourth-order valence-corrected chi connectivity index (χ4v) is 2.64. The van der Waals surface area contributed by atoms with Crippen LogP contribution in [0.4, 0.5) is 11.4 Å². The van der Waals surface area contributed by atoms with E-state index in [1.807, 2.05) is 18.2 Å². The van der Waals surface area contributed by atoms with Crippen LogP contribution in [0, 0.1) is 5.92 Å². The summed E-state index contributed by atoms with van der Waals surface area (Å²) < 4.78 is 0. The van der Waals surface area contributed by atoms with E-state index >= 15 is 0 Å². The molecule has 100 valence electrons. The molecule has 0 spiro atoms. The highest BCUT2D eigenvalue weighted by Crippen LogP contribution is 2.26. The van der Waals surface area contributed by atoms with Crippen molar-refractivity contribution in [3.8, 4) is 0 Å². The molecule has 0 bridgehead atoms. The van der Waals surface area contributed by atoms with E-state index in [9.17, 15) is 9.59 Å². The molecule has 2 heterocycles. The van der Waals surface area contributed by atoms with Gasteiger partial charge in [0.2, 0.25) is 11.8 Å².